The molecule has 2 rings (SSSR count). The van der Waals surface area contributed by atoms with Gasteiger partial charge in [0.05, 0.1) is 13.2 Å². The van der Waals surface area contributed by atoms with E-state index in [0.717, 1.165) is 43.6 Å². The Bertz CT molecular complexity index is 448. The second kappa shape index (κ2) is 7.66. The first-order valence-electron chi connectivity index (χ1n) is 7.74. The summed E-state index contributed by atoms with van der Waals surface area (Å²) in [7, 11) is 3.45. The molecule has 2 N–H and O–H groups in total. The second-order valence-corrected chi connectivity index (χ2v) is 5.93. The highest BCUT2D eigenvalue weighted by Gasteiger charge is 2.24. The number of nitrogens with two attached hydrogens (primary N) is 1. The molecule has 3 atom stereocenters. The number of hydrogen-bond donors (Lipinski definition) is 1. The molecule has 1 aliphatic rings. The van der Waals surface area contributed by atoms with E-state index in [9.17, 15) is 0 Å². The van der Waals surface area contributed by atoms with Gasteiger partial charge < -0.3 is 19.9 Å². The smallest absolute Gasteiger partial charge is 0.161 e. The van der Waals surface area contributed by atoms with Gasteiger partial charge in [-0.3, -0.25) is 0 Å². The molecule has 0 heterocycles. The van der Waals surface area contributed by atoms with Crippen molar-refractivity contribution in [3.05, 3.63) is 23.8 Å². The van der Waals surface area contributed by atoms with Gasteiger partial charge in [-0.2, -0.15) is 0 Å². The van der Waals surface area contributed by atoms with E-state index in [1.54, 1.807) is 14.2 Å². The molecule has 0 radical (unpaired) electrons. The molecular weight excluding hydrogens is 266 g/mol. The van der Waals surface area contributed by atoms with Crippen LogP contribution in [0.25, 0.3) is 0 Å². The van der Waals surface area contributed by atoms with Crippen molar-refractivity contribution < 1.29 is 14.2 Å². The van der Waals surface area contributed by atoms with Crippen LogP contribution >= 0.6 is 0 Å². The molecule has 0 aromatic heterocycles. The molecule has 21 heavy (non-hydrogen) atoms. The molecule has 1 fully saturated rings. The van der Waals surface area contributed by atoms with Gasteiger partial charge in [0.1, 0.15) is 6.10 Å². The highest BCUT2D eigenvalue weighted by Crippen LogP contribution is 2.32. The van der Waals surface area contributed by atoms with Crippen molar-refractivity contribution in [2.45, 2.75) is 57.3 Å². The standard InChI is InChI=1S/C17H27NO3/c1-12(18)9-13-7-8-16(20-3)17(10-13)21-15-6-4-5-14(11-15)19-2/h7-8,10,12,14-15H,4-6,9,11,18H2,1-3H3. The summed E-state index contributed by atoms with van der Waals surface area (Å²) >= 11 is 0. The monoisotopic (exact) mass is 293 g/mol. The summed E-state index contributed by atoms with van der Waals surface area (Å²) < 4.78 is 17.1. The van der Waals surface area contributed by atoms with Crippen molar-refractivity contribution in [2.24, 2.45) is 5.73 Å². The Balaban J connectivity index is 2.09. The van der Waals surface area contributed by atoms with Gasteiger partial charge in [-0.1, -0.05) is 6.07 Å². The van der Waals surface area contributed by atoms with Crippen molar-refractivity contribution in [1.82, 2.24) is 0 Å². The average molecular weight is 293 g/mol. The fraction of sp³-hybridized carbons (Fsp3) is 0.647. The zero-order chi connectivity index (χ0) is 15.2. The summed E-state index contributed by atoms with van der Waals surface area (Å²) in [5.41, 5.74) is 7.06. The van der Waals surface area contributed by atoms with Gasteiger partial charge in [0.15, 0.2) is 11.5 Å². The minimum atomic E-state index is 0.138. The van der Waals surface area contributed by atoms with Gasteiger partial charge in [-0.05, 0) is 50.3 Å². The third-order valence-electron chi connectivity index (χ3n) is 3.99. The Morgan fingerprint density at radius 2 is 1.95 bits per heavy atom. The highest BCUT2D eigenvalue weighted by atomic mass is 16.5. The topological polar surface area (TPSA) is 53.7 Å². The Morgan fingerprint density at radius 3 is 2.62 bits per heavy atom. The lowest BCUT2D eigenvalue weighted by Gasteiger charge is -2.29. The van der Waals surface area contributed by atoms with Crippen LogP contribution in [0.5, 0.6) is 11.5 Å². The van der Waals surface area contributed by atoms with Crippen LogP contribution in [0.2, 0.25) is 0 Å². The molecule has 0 bridgehead atoms. The maximum Gasteiger partial charge on any atom is 0.161 e. The summed E-state index contributed by atoms with van der Waals surface area (Å²) in [4.78, 5) is 0. The molecule has 4 heteroatoms. The zero-order valence-corrected chi connectivity index (χ0v) is 13.3. The maximum atomic E-state index is 6.19. The molecule has 0 amide bonds. The van der Waals surface area contributed by atoms with Crippen molar-refractivity contribution in [3.8, 4) is 11.5 Å². The predicted octanol–water partition coefficient (Wildman–Crippen LogP) is 2.92. The van der Waals surface area contributed by atoms with E-state index in [2.05, 4.69) is 6.07 Å². The zero-order valence-electron chi connectivity index (χ0n) is 13.3. The van der Waals surface area contributed by atoms with Crippen LogP contribution < -0.4 is 15.2 Å². The molecule has 4 nitrogen and oxygen atoms in total. The lowest BCUT2D eigenvalue weighted by atomic mass is 9.95. The van der Waals surface area contributed by atoms with E-state index < -0.39 is 0 Å². The Hall–Kier alpha value is -1.26. The summed E-state index contributed by atoms with van der Waals surface area (Å²) in [5, 5.41) is 0. The highest BCUT2D eigenvalue weighted by molar-refractivity contribution is 5.43. The molecule has 3 unspecified atom stereocenters. The average Bonchev–Trinajstić information content (AvgIpc) is 2.47. The molecule has 1 aromatic rings. The van der Waals surface area contributed by atoms with Crippen LogP contribution in [0.4, 0.5) is 0 Å². The summed E-state index contributed by atoms with van der Waals surface area (Å²) in [6.07, 6.45) is 5.62. The van der Waals surface area contributed by atoms with Crippen molar-refractivity contribution in [3.63, 3.8) is 0 Å². The number of rotatable bonds is 6. The number of ether oxygens (including phenoxy) is 3. The molecule has 1 aliphatic carbocycles. The van der Waals surface area contributed by atoms with Crippen LogP contribution in [0.1, 0.15) is 38.2 Å². The normalized spacial score (nSPS) is 23.6. The molecule has 0 saturated heterocycles. The van der Waals surface area contributed by atoms with Crippen molar-refractivity contribution in [1.29, 1.82) is 0 Å². The molecule has 1 aromatic carbocycles. The van der Waals surface area contributed by atoms with E-state index in [4.69, 9.17) is 19.9 Å². The minimum absolute atomic E-state index is 0.138. The van der Waals surface area contributed by atoms with E-state index >= 15 is 0 Å². The van der Waals surface area contributed by atoms with Crippen molar-refractivity contribution in [2.75, 3.05) is 14.2 Å². The van der Waals surface area contributed by atoms with Crippen LogP contribution in [-0.4, -0.2) is 32.5 Å². The number of methoxy groups -OCH3 is 2. The SMILES string of the molecule is COc1ccc(CC(C)N)cc1OC1CCCC(OC)C1. The van der Waals surface area contributed by atoms with Crippen LogP contribution in [0, 0.1) is 0 Å². The largest absolute Gasteiger partial charge is 0.493 e. The maximum absolute atomic E-state index is 6.19. The fourth-order valence-electron chi connectivity index (χ4n) is 2.91. The van der Waals surface area contributed by atoms with Crippen LogP contribution in [-0.2, 0) is 11.2 Å². The first-order valence-corrected chi connectivity index (χ1v) is 7.74. The van der Waals surface area contributed by atoms with E-state index in [1.165, 1.54) is 5.56 Å². The number of benzene rings is 1. The quantitative estimate of drug-likeness (QED) is 0.876. The van der Waals surface area contributed by atoms with Crippen LogP contribution in [0.3, 0.4) is 0 Å². The van der Waals surface area contributed by atoms with Gasteiger partial charge >= 0.3 is 0 Å². The summed E-state index contributed by atoms with van der Waals surface area (Å²) in [6, 6.07) is 6.20. The Labute approximate surface area is 127 Å². The van der Waals surface area contributed by atoms with E-state index in [-0.39, 0.29) is 12.1 Å². The third kappa shape index (κ3) is 4.61. The van der Waals surface area contributed by atoms with E-state index in [1.807, 2.05) is 19.1 Å². The van der Waals surface area contributed by atoms with Crippen molar-refractivity contribution >= 4 is 0 Å². The van der Waals surface area contributed by atoms with Gasteiger partial charge in [-0.25, -0.2) is 0 Å². The Kier molecular flexibility index (Phi) is 5.88. The molecule has 1 saturated carbocycles. The third-order valence-corrected chi connectivity index (χ3v) is 3.99. The van der Waals surface area contributed by atoms with Gasteiger partial charge in [0, 0.05) is 19.6 Å². The molecular formula is C17H27NO3. The summed E-state index contributed by atoms with van der Waals surface area (Å²) in [5.74, 6) is 1.60. The predicted molar refractivity (Wildman–Crippen MR) is 84.0 cm³/mol. The van der Waals surface area contributed by atoms with Gasteiger partial charge in [-0.15, -0.1) is 0 Å². The molecule has 0 aliphatic heterocycles. The molecule has 118 valence electrons. The van der Waals surface area contributed by atoms with E-state index in [0.29, 0.717) is 6.10 Å². The molecule has 0 spiro atoms. The number of hydrogen-bond acceptors (Lipinski definition) is 4. The van der Waals surface area contributed by atoms with Crippen LogP contribution in [0.15, 0.2) is 18.2 Å². The first-order chi connectivity index (χ1) is 10.1. The van der Waals surface area contributed by atoms with Gasteiger partial charge in [0.2, 0.25) is 0 Å². The van der Waals surface area contributed by atoms with Gasteiger partial charge in [0.25, 0.3) is 0 Å². The Morgan fingerprint density at radius 1 is 1.19 bits per heavy atom. The fourth-order valence-corrected chi connectivity index (χ4v) is 2.91. The minimum Gasteiger partial charge on any atom is -0.493 e. The second-order valence-electron chi connectivity index (χ2n) is 5.93. The lowest BCUT2D eigenvalue weighted by molar-refractivity contribution is 0.0201. The lowest BCUT2D eigenvalue weighted by Crippen LogP contribution is -2.29. The first kappa shape index (κ1) is 16.1. The summed E-state index contributed by atoms with van der Waals surface area (Å²) in [6.45, 7) is 2.01.